The molecule has 1 heterocycles. The number of hydrogen-bond donors (Lipinski definition) is 1. The van der Waals surface area contributed by atoms with Gasteiger partial charge in [0.05, 0.1) is 0 Å². The third kappa shape index (κ3) is 1.74. The van der Waals surface area contributed by atoms with Gasteiger partial charge in [-0.1, -0.05) is 0 Å². The smallest absolute Gasteiger partial charge is 0.167 e. The van der Waals surface area contributed by atoms with Crippen LogP contribution in [0.4, 0.5) is 0 Å². The molecule has 4 nitrogen and oxygen atoms in total. The number of carbonyl (C=O) groups excluding carboxylic acids is 1. The highest BCUT2D eigenvalue weighted by molar-refractivity contribution is 5.99. The quantitative estimate of drug-likeness (QED) is 0.837. The third-order valence-electron chi connectivity index (χ3n) is 5.11. The average molecular weight is 273 g/mol. The first kappa shape index (κ1) is 12.2. The van der Waals surface area contributed by atoms with Crippen LogP contribution < -0.4 is 15.2 Å². The maximum absolute atomic E-state index is 12.8. The summed E-state index contributed by atoms with van der Waals surface area (Å²) in [6.45, 7) is 1.11. The highest BCUT2D eigenvalue weighted by Crippen LogP contribution is 2.49. The van der Waals surface area contributed by atoms with E-state index in [9.17, 15) is 4.79 Å². The Morgan fingerprint density at radius 3 is 2.60 bits per heavy atom. The molecular formula is C16H19NO3. The summed E-state index contributed by atoms with van der Waals surface area (Å²) in [5.41, 5.74) is 6.97. The lowest BCUT2D eigenvalue weighted by molar-refractivity contribution is 0.0855. The molecule has 0 aromatic heterocycles. The van der Waals surface area contributed by atoms with Crippen molar-refractivity contribution in [3.05, 3.63) is 23.8 Å². The fourth-order valence-electron chi connectivity index (χ4n) is 4.11. The molecule has 1 aromatic carbocycles. The van der Waals surface area contributed by atoms with Crippen LogP contribution >= 0.6 is 0 Å². The Kier molecular flexibility index (Phi) is 2.74. The number of rotatable bonds is 2. The first-order valence-electron chi connectivity index (χ1n) is 7.43. The third-order valence-corrected chi connectivity index (χ3v) is 5.11. The van der Waals surface area contributed by atoms with E-state index in [2.05, 4.69) is 0 Å². The second-order valence-electron chi connectivity index (χ2n) is 6.16. The van der Waals surface area contributed by atoms with Crippen molar-refractivity contribution in [2.75, 3.05) is 13.2 Å². The van der Waals surface area contributed by atoms with Gasteiger partial charge in [0.2, 0.25) is 0 Å². The Balaban J connectivity index is 1.62. The molecule has 0 spiro atoms. The van der Waals surface area contributed by atoms with Gasteiger partial charge in [0.1, 0.15) is 13.2 Å². The molecule has 0 radical (unpaired) electrons. The zero-order valence-corrected chi connectivity index (χ0v) is 11.4. The van der Waals surface area contributed by atoms with E-state index in [1.54, 1.807) is 0 Å². The summed E-state index contributed by atoms with van der Waals surface area (Å²) in [5, 5.41) is 0. The van der Waals surface area contributed by atoms with Crippen molar-refractivity contribution >= 4 is 5.78 Å². The molecule has 3 aliphatic rings. The van der Waals surface area contributed by atoms with E-state index in [4.69, 9.17) is 15.2 Å². The number of benzene rings is 1. The topological polar surface area (TPSA) is 61.6 Å². The van der Waals surface area contributed by atoms with Gasteiger partial charge in [0.15, 0.2) is 17.3 Å². The minimum absolute atomic E-state index is 0.00342. The zero-order chi connectivity index (χ0) is 13.7. The molecule has 4 atom stereocenters. The van der Waals surface area contributed by atoms with E-state index in [0.29, 0.717) is 36.4 Å². The van der Waals surface area contributed by atoms with E-state index < -0.39 is 0 Å². The molecule has 1 aliphatic heterocycles. The van der Waals surface area contributed by atoms with Crippen LogP contribution in [0.5, 0.6) is 11.5 Å². The van der Waals surface area contributed by atoms with Crippen LogP contribution in [0.2, 0.25) is 0 Å². The van der Waals surface area contributed by atoms with E-state index >= 15 is 0 Å². The van der Waals surface area contributed by atoms with Crippen LogP contribution in [0.25, 0.3) is 0 Å². The van der Waals surface area contributed by atoms with Gasteiger partial charge in [-0.2, -0.15) is 0 Å². The van der Waals surface area contributed by atoms with Crippen molar-refractivity contribution < 1.29 is 14.3 Å². The number of nitrogens with two attached hydrogens (primary N) is 1. The predicted molar refractivity (Wildman–Crippen MR) is 74.1 cm³/mol. The second-order valence-corrected chi connectivity index (χ2v) is 6.16. The summed E-state index contributed by atoms with van der Waals surface area (Å²) in [7, 11) is 0. The van der Waals surface area contributed by atoms with Gasteiger partial charge in [-0.25, -0.2) is 0 Å². The Morgan fingerprint density at radius 2 is 1.85 bits per heavy atom. The van der Waals surface area contributed by atoms with E-state index in [1.807, 2.05) is 18.2 Å². The normalized spacial score (nSPS) is 34.2. The lowest BCUT2D eigenvalue weighted by atomic mass is 9.80. The Morgan fingerprint density at radius 1 is 1.10 bits per heavy atom. The highest BCUT2D eigenvalue weighted by atomic mass is 16.6. The lowest BCUT2D eigenvalue weighted by Gasteiger charge is -2.27. The molecule has 2 fully saturated rings. The monoisotopic (exact) mass is 273 g/mol. The van der Waals surface area contributed by atoms with Crippen LogP contribution in [-0.2, 0) is 0 Å². The molecule has 0 amide bonds. The average Bonchev–Trinajstić information content (AvgIpc) is 3.07. The number of ether oxygens (including phenoxy) is 2. The molecule has 20 heavy (non-hydrogen) atoms. The molecule has 2 N–H and O–H groups in total. The summed E-state index contributed by atoms with van der Waals surface area (Å²) in [5.74, 6) is 2.61. The number of Topliss-reactive ketones (excluding diaryl/α,β-unsaturated/α-hetero) is 1. The molecule has 2 saturated carbocycles. The summed E-state index contributed by atoms with van der Waals surface area (Å²) in [6.07, 6.45) is 3.47. The molecule has 1 aromatic rings. The molecule has 4 heteroatoms. The minimum atomic E-state index is -0.00342. The van der Waals surface area contributed by atoms with Gasteiger partial charge < -0.3 is 15.2 Å². The highest BCUT2D eigenvalue weighted by Gasteiger charge is 2.49. The summed E-state index contributed by atoms with van der Waals surface area (Å²) in [6, 6.07) is 5.53. The van der Waals surface area contributed by atoms with Gasteiger partial charge in [-0.15, -0.1) is 0 Å². The summed E-state index contributed by atoms with van der Waals surface area (Å²) >= 11 is 0. The van der Waals surface area contributed by atoms with Crippen molar-refractivity contribution in [3.8, 4) is 11.5 Å². The Bertz CT molecular complexity index is 555. The largest absolute Gasteiger partial charge is 0.486 e. The van der Waals surface area contributed by atoms with Crippen LogP contribution in [-0.4, -0.2) is 25.0 Å². The minimum Gasteiger partial charge on any atom is -0.486 e. The maximum atomic E-state index is 12.8. The van der Waals surface area contributed by atoms with Crippen LogP contribution in [0.1, 0.15) is 29.6 Å². The SMILES string of the molecule is NC1C2CCC(C2)C1C(=O)c1ccc2c(c1)OCCO2. The number of hydrogen-bond acceptors (Lipinski definition) is 4. The zero-order valence-electron chi connectivity index (χ0n) is 11.4. The van der Waals surface area contributed by atoms with Crippen LogP contribution in [0, 0.1) is 17.8 Å². The molecular weight excluding hydrogens is 254 g/mol. The number of fused-ring (bicyclic) bond motifs is 3. The molecule has 4 unspecified atom stereocenters. The molecule has 0 saturated heterocycles. The van der Waals surface area contributed by atoms with Crippen molar-refractivity contribution in [3.63, 3.8) is 0 Å². The van der Waals surface area contributed by atoms with Crippen molar-refractivity contribution in [1.29, 1.82) is 0 Å². The Labute approximate surface area is 118 Å². The van der Waals surface area contributed by atoms with Gasteiger partial charge in [-0.05, 0) is 49.3 Å². The van der Waals surface area contributed by atoms with E-state index in [-0.39, 0.29) is 17.7 Å². The van der Waals surface area contributed by atoms with Crippen molar-refractivity contribution in [1.82, 2.24) is 0 Å². The fraction of sp³-hybridized carbons (Fsp3) is 0.562. The summed E-state index contributed by atoms with van der Waals surface area (Å²) in [4.78, 5) is 12.8. The van der Waals surface area contributed by atoms with Crippen molar-refractivity contribution in [2.24, 2.45) is 23.5 Å². The number of carbonyl (C=O) groups is 1. The van der Waals surface area contributed by atoms with Gasteiger partial charge >= 0.3 is 0 Å². The van der Waals surface area contributed by atoms with Crippen LogP contribution in [0.3, 0.4) is 0 Å². The van der Waals surface area contributed by atoms with Gasteiger partial charge in [0.25, 0.3) is 0 Å². The molecule has 106 valence electrons. The van der Waals surface area contributed by atoms with Gasteiger partial charge in [-0.3, -0.25) is 4.79 Å². The molecule has 2 bridgehead atoms. The first-order chi connectivity index (χ1) is 9.74. The first-order valence-corrected chi connectivity index (χ1v) is 7.43. The fourth-order valence-corrected chi connectivity index (χ4v) is 4.11. The molecule has 2 aliphatic carbocycles. The predicted octanol–water partition coefficient (Wildman–Crippen LogP) is 2.01. The summed E-state index contributed by atoms with van der Waals surface area (Å²) < 4.78 is 11.1. The lowest BCUT2D eigenvalue weighted by Crippen LogP contribution is -2.40. The Hall–Kier alpha value is -1.55. The standard InChI is InChI=1S/C16H19NO3/c17-15-10-2-1-9(7-10)14(15)16(18)11-3-4-12-13(8-11)20-6-5-19-12/h3-4,8-10,14-15H,1-2,5-7,17H2. The van der Waals surface area contributed by atoms with E-state index in [0.717, 1.165) is 18.6 Å². The molecule has 4 rings (SSSR count). The van der Waals surface area contributed by atoms with Gasteiger partial charge in [0, 0.05) is 17.5 Å². The number of ketones is 1. The van der Waals surface area contributed by atoms with Crippen LogP contribution in [0.15, 0.2) is 18.2 Å². The second kappa shape index (κ2) is 4.48. The maximum Gasteiger partial charge on any atom is 0.167 e. The van der Waals surface area contributed by atoms with E-state index in [1.165, 1.54) is 6.42 Å². The van der Waals surface area contributed by atoms with Crippen molar-refractivity contribution in [2.45, 2.75) is 25.3 Å².